The van der Waals surface area contributed by atoms with Gasteiger partial charge in [-0.05, 0) is 47.6 Å². The summed E-state index contributed by atoms with van der Waals surface area (Å²) in [4.78, 5) is 0. The second-order valence-electron chi connectivity index (χ2n) is 5.37. The van der Waals surface area contributed by atoms with Crippen LogP contribution in [0.1, 0.15) is 48.0 Å². The van der Waals surface area contributed by atoms with E-state index in [1.54, 1.807) is 6.07 Å². The number of benzene rings is 2. The number of aliphatic hydroxyl groups excluding tert-OH is 1. The summed E-state index contributed by atoms with van der Waals surface area (Å²) >= 11 is 9.42. The van der Waals surface area contributed by atoms with Crippen LogP contribution in [0.25, 0.3) is 0 Å². The van der Waals surface area contributed by atoms with Crippen molar-refractivity contribution in [2.45, 2.75) is 31.3 Å². The van der Waals surface area contributed by atoms with Crippen molar-refractivity contribution in [3.8, 4) is 0 Å². The van der Waals surface area contributed by atoms with Crippen LogP contribution in [0.2, 0.25) is 5.02 Å². The van der Waals surface area contributed by atoms with E-state index in [4.69, 9.17) is 11.6 Å². The van der Waals surface area contributed by atoms with Gasteiger partial charge in [0.25, 0.3) is 0 Å². The highest BCUT2D eigenvalue weighted by atomic mass is 79.9. The van der Waals surface area contributed by atoms with Crippen molar-refractivity contribution in [3.63, 3.8) is 0 Å². The Kier molecular flexibility index (Phi) is 4.16. The van der Waals surface area contributed by atoms with Crippen molar-refractivity contribution in [2.24, 2.45) is 0 Å². The lowest BCUT2D eigenvalue weighted by atomic mass is 9.79. The molecule has 2 aromatic rings. The van der Waals surface area contributed by atoms with Crippen molar-refractivity contribution < 1.29 is 5.11 Å². The lowest BCUT2D eigenvalue weighted by Gasteiger charge is -2.26. The van der Waals surface area contributed by atoms with Crippen molar-refractivity contribution >= 4 is 27.5 Å². The molecule has 1 fully saturated rings. The maximum atomic E-state index is 10.6. The molecule has 1 atom stereocenters. The van der Waals surface area contributed by atoms with Crippen molar-refractivity contribution in [3.05, 3.63) is 68.7 Å². The molecule has 0 bridgehead atoms. The number of hydrogen-bond donors (Lipinski definition) is 1. The summed E-state index contributed by atoms with van der Waals surface area (Å²) in [5, 5.41) is 11.3. The van der Waals surface area contributed by atoms with Gasteiger partial charge >= 0.3 is 0 Å². The third-order valence-electron chi connectivity index (χ3n) is 4.06. The molecule has 1 nitrogen and oxygen atoms in total. The van der Waals surface area contributed by atoms with Gasteiger partial charge < -0.3 is 5.11 Å². The summed E-state index contributed by atoms with van der Waals surface area (Å²) in [6.07, 6.45) is 3.23. The van der Waals surface area contributed by atoms with Gasteiger partial charge in [0.1, 0.15) is 6.10 Å². The Bertz CT molecular complexity index is 622. The largest absolute Gasteiger partial charge is 0.384 e. The van der Waals surface area contributed by atoms with Gasteiger partial charge in [-0.25, -0.2) is 0 Å². The standard InChI is InChI=1S/C17H16BrClO/c18-16-10-14(19)7-8-15(16)17(20)13-6-2-5-12(9-13)11-3-1-4-11/h2,5-11,17,20H,1,3-4H2. The lowest BCUT2D eigenvalue weighted by Crippen LogP contribution is -2.09. The quantitative estimate of drug-likeness (QED) is 0.779. The highest BCUT2D eigenvalue weighted by molar-refractivity contribution is 9.10. The Balaban J connectivity index is 1.91. The maximum absolute atomic E-state index is 10.6. The molecule has 0 heterocycles. The van der Waals surface area contributed by atoms with E-state index in [1.165, 1.54) is 24.8 Å². The van der Waals surface area contributed by atoms with Gasteiger partial charge in [0.2, 0.25) is 0 Å². The van der Waals surface area contributed by atoms with Crippen LogP contribution < -0.4 is 0 Å². The van der Waals surface area contributed by atoms with Crippen LogP contribution in [0.3, 0.4) is 0 Å². The van der Waals surface area contributed by atoms with E-state index < -0.39 is 6.10 Å². The Hall–Kier alpha value is -0.830. The van der Waals surface area contributed by atoms with Crippen LogP contribution >= 0.6 is 27.5 Å². The molecular weight excluding hydrogens is 336 g/mol. The van der Waals surface area contributed by atoms with Gasteiger partial charge in [0, 0.05) is 9.50 Å². The second kappa shape index (κ2) is 5.88. The van der Waals surface area contributed by atoms with Crippen LogP contribution in [-0.4, -0.2) is 5.11 Å². The SMILES string of the molecule is OC(c1cccc(C2CCC2)c1)c1ccc(Cl)cc1Br. The van der Waals surface area contributed by atoms with E-state index in [1.807, 2.05) is 24.3 Å². The highest BCUT2D eigenvalue weighted by Crippen LogP contribution is 2.38. The van der Waals surface area contributed by atoms with E-state index in [0.29, 0.717) is 10.9 Å². The second-order valence-corrected chi connectivity index (χ2v) is 6.66. The van der Waals surface area contributed by atoms with E-state index in [2.05, 4.69) is 28.1 Å². The summed E-state index contributed by atoms with van der Waals surface area (Å²) in [5.41, 5.74) is 3.13. The fraction of sp³-hybridized carbons (Fsp3) is 0.294. The summed E-state index contributed by atoms with van der Waals surface area (Å²) in [7, 11) is 0. The predicted octanol–water partition coefficient (Wildman–Crippen LogP) is 5.45. The molecule has 1 aliphatic carbocycles. The fourth-order valence-corrected chi connectivity index (χ4v) is 3.53. The first kappa shape index (κ1) is 14.1. The van der Waals surface area contributed by atoms with Crippen LogP contribution in [0.5, 0.6) is 0 Å². The van der Waals surface area contributed by atoms with Crippen LogP contribution in [0.4, 0.5) is 0 Å². The Morgan fingerprint density at radius 2 is 1.95 bits per heavy atom. The minimum atomic E-state index is -0.623. The maximum Gasteiger partial charge on any atom is 0.105 e. The summed E-state index contributed by atoms with van der Waals surface area (Å²) in [6.45, 7) is 0. The molecular formula is C17H16BrClO. The van der Waals surface area contributed by atoms with Gasteiger partial charge in [-0.2, -0.15) is 0 Å². The molecule has 1 N–H and O–H groups in total. The zero-order valence-corrected chi connectivity index (χ0v) is 13.4. The van der Waals surface area contributed by atoms with Crippen molar-refractivity contribution in [1.82, 2.24) is 0 Å². The highest BCUT2D eigenvalue weighted by Gasteiger charge is 2.21. The van der Waals surface area contributed by atoms with Gasteiger partial charge in [-0.1, -0.05) is 64.3 Å². The van der Waals surface area contributed by atoms with Crippen molar-refractivity contribution in [1.29, 1.82) is 0 Å². The van der Waals surface area contributed by atoms with Gasteiger partial charge in [0.05, 0.1) is 0 Å². The number of hydrogen-bond acceptors (Lipinski definition) is 1. The molecule has 1 aliphatic rings. The molecule has 1 saturated carbocycles. The van der Waals surface area contributed by atoms with E-state index in [9.17, 15) is 5.11 Å². The third kappa shape index (κ3) is 2.78. The summed E-state index contributed by atoms with van der Waals surface area (Å²) in [5.74, 6) is 0.677. The minimum Gasteiger partial charge on any atom is -0.384 e. The average molecular weight is 352 g/mol. The van der Waals surface area contributed by atoms with E-state index in [-0.39, 0.29) is 0 Å². The molecule has 1 unspecified atom stereocenters. The molecule has 0 spiro atoms. The number of halogens is 2. The number of aliphatic hydroxyl groups is 1. The Labute approximate surface area is 132 Å². The third-order valence-corrected chi connectivity index (χ3v) is 4.98. The van der Waals surface area contributed by atoms with Crippen LogP contribution in [0.15, 0.2) is 46.9 Å². The summed E-state index contributed by atoms with van der Waals surface area (Å²) in [6, 6.07) is 13.8. The van der Waals surface area contributed by atoms with Crippen LogP contribution in [-0.2, 0) is 0 Å². The smallest absolute Gasteiger partial charge is 0.105 e. The summed E-state index contributed by atoms with van der Waals surface area (Å²) < 4.78 is 0.839. The Morgan fingerprint density at radius 1 is 1.15 bits per heavy atom. The zero-order chi connectivity index (χ0) is 14.1. The lowest BCUT2D eigenvalue weighted by molar-refractivity contribution is 0.219. The first-order valence-corrected chi connectivity index (χ1v) is 8.05. The van der Waals surface area contributed by atoms with E-state index >= 15 is 0 Å². The molecule has 20 heavy (non-hydrogen) atoms. The topological polar surface area (TPSA) is 20.2 Å². The normalized spacial score (nSPS) is 16.8. The molecule has 3 rings (SSSR count). The van der Waals surface area contributed by atoms with Gasteiger partial charge in [-0.15, -0.1) is 0 Å². The van der Waals surface area contributed by atoms with Gasteiger partial charge in [-0.3, -0.25) is 0 Å². The first-order chi connectivity index (χ1) is 9.65. The molecule has 0 aromatic heterocycles. The van der Waals surface area contributed by atoms with E-state index in [0.717, 1.165) is 15.6 Å². The van der Waals surface area contributed by atoms with Crippen LogP contribution in [0, 0.1) is 0 Å². The van der Waals surface area contributed by atoms with Gasteiger partial charge in [0.15, 0.2) is 0 Å². The predicted molar refractivity (Wildman–Crippen MR) is 86.2 cm³/mol. The molecule has 0 saturated heterocycles. The molecule has 0 amide bonds. The fourth-order valence-electron chi connectivity index (χ4n) is 2.63. The molecule has 3 heteroatoms. The average Bonchev–Trinajstić information content (AvgIpc) is 2.36. The number of rotatable bonds is 3. The Morgan fingerprint density at radius 3 is 2.60 bits per heavy atom. The monoisotopic (exact) mass is 350 g/mol. The van der Waals surface area contributed by atoms with Crippen molar-refractivity contribution in [2.75, 3.05) is 0 Å². The molecule has 104 valence electrons. The first-order valence-electron chi connectivity index (χ1n) is 6.88. The minimum absolute atomic E-state index is 0.623. The molecule has 2 aromatic carbocycles. The molecule has 0 aliphatic heterocycles. The molecule has 0 radical (unpaired) electrons. The zero-order valence-electron chi connectivity index (χ0n) is 11.0.